The van der Waals surface area contributed by atoms with Crippen LogP contribution in [0.5, 0.6) is 0 Å². The number of aromatic amines is 1. The number of hydrogen-bond acceptors (Lipinski definition) is 19. The molecular formula is C30H47Br4Cl3N14O13S. The van der Waals surface area contributed by atoms with Crippen molar-refractivity contribution in [2.24, 2.45) is 5.73 Å². The number of ether oxygens (including phenoxy) is 2. The van der Waals surface area contributed by atoms with Gasteiger partial charge in [-0.05, 0) is 19.7 Å². The van der Waals surface area contributed by atoms with Crippen LogP contribution in [0.15, 0.2) is 24.3 Å². The van der Waals surface area contributed by atoms with Crippen molar-refractivity contribution in [2.45, 2.75) is 45.3 Å². The first-order chi connectivity index (χ1) is 30.9. The summed E-state index contributed by atoms with van der Waals surface area (Å²) < 4.78 is 23.3. The maximum Gasteiger partial charge on any atom is 0.390 e. The van der Waals surface area contributed by atoms with Crippen LogP contribution in [0, 0.1) is 40.5 Å². The molecule has 5 rings (SSSR count). The molecular weight excluding hydrogens is 1220 g/mol. The van der Waals surface area contributed by atoms with Crippen molar-refractivity contribution >= 4 is 129 Å². The second kappa shape index (κ2) is 39.2. The Morgan fingerprint density at radius 1 is 0.754 bits per heavy atom. The summed E-state index contributed by atoms with van der Waals surface area (Å²) in [6.45, 7) is 5.62. The third-order valence-corrected chi connectivity index (χ3v) is 9.84. The SMILES string of the molecule is BrCCBr.COCCN.COCCN1CCn2nc([N+](=O)[O-])cc2C1.O=S(Cl)Cl.O=[N+]([O-])c1cc(CCl)n(CCBr)n1.O=[N+]([O-])c1cc(CO)n(CCBr)n1.O=[N+]([O-])c1cc(CO)n[nH]1. The van der Waals surface area contributed by atoms with Gasteiger partial charge < -0.3 is 65.9 Å². The van der Waals surface area contributed by atoms with Crippen molar-refractivity contribution < 1.29 is 43.6 Å². The van der Waals surface area contributed by atoms with E-state index in [1.807, 2.05) is 0 Å². The van der Waals surface area contributed by atoms with E-state index in [1.54, 1.807) is 25.0 Å². The van der Waals surface area contributed by atoms with Crippen LogP contribution in [-0.4, -0.2) is 147 Å². The molecule has 65 heavy (non-hydrogen) atoms. The Kier molecular flexibility index (Phi) is 38.7. The molecule has 5 heterocycles. The molecule has 1 aliphatic rings. The average molecular weight is 1270 g/mol. The molecule has 4 aromatic heterocycles. The van der Waals surface area contributed by atoms with E-state index >= 15 is 0 Å². The Labute approximate surface area is 421 Å². The summed E-state index contributed by atoms with van der Waals surface area (Å²) in [6, 6.07) is 5.37. The zero-order valence-electron chi connectivity index (χ0n) is 34.5. The van der Waals surface area contributed by atoms with Gasteiger partial charge in [0.15, 0.2) is 0 Å². The van der Waals surface area contributed by atoms with Crippen LogP contribution in [0.4, 0.5) is 23.3 Å². The van der Waals surface area contributed by atoms with Gasteiger partial charge in [-0.2, -0.15) is 14.0 Å². The number of methoxy groups -OCH3 is 2. The Hall–Kier alpha value is -2.86. The number of aromatic nitrogens is 8. The van der Waals surface area contributed by atoms with Gasteiger partial charge in [0.25, 0.3) is 0 Å². The van der Waals surface area contributed by atoms with Gasteiger partial charge in [-0.3, -0.25) is 4.90 Å². The Morgan fingerprint density at radius 2 is 1.25 bits per heavy atom. The summed E-state index contributed by atoms with van der Waals surface area (Å²) in [5, 5.41) is 78.9. The van der Waals surface area contributed by atoms with Crippen LogP contribution in [0.1, 0.15) is 22.8 Å². The van der Waals surface area contributed by atoms with E-state index < -0.39 is 28.9 Å². The first-order valence-corrected chi connectivity index (χ1v) is 25.7. The van der Waals surface area contributed by atoms with Crippen LogP contribution < -0.4 is 5.73 Å². The molecule has 0 amide bonds. The molecule has 0 spiro atoms. The smallest absolute Gasteiger partial charge is 0.390 e. The summed E-state index contributed by atoms with van der Waals surface area (Å²) in [7, 11) is 10.7. The number of nitrogens with one attached hydrogen (secondary N) is 1. The third-order valence-electron chi connectivity index (χ3n) is 7.00. The number of aliphatic hydroxyl groups is 2. The molecule has 0 atom stereocenters. The van der Waals surface area contributed by atoms with E-state index in [4.69, 9.17) is 36.5 Å². The molecule has 0 aliphatic carbocycles. The molecule has 0 radical (unpaired) electrons. The summed E-state index contributed by atoms with van der Waals surface area (Å²) in [5.74, 6) is -0.428. The number of aryl methyl sites for hydroxylation is 2. The minimum atomic E-state index is -1.67. The Balaban J connectivity index is 0. The molecule has 5 N–H and O–H groups in total. The number of H-pyrrole nitrogens is 1. The zero-order valence-corrected chi connectivity index (χ0v) is 43.9. The van der Waals surface area contributed by atoms with E-state index in [-0.39, 0.29) is 48.1 Å². The maximum atomic E-state index is 10.6. The molecule has 370 valence electrons. The maximum absolute atomic E-state index is 10.6. The van der Waals surface area contributed by atoms with Crippen molar-refractivity contribution in [2.75, 3.05) is 68.4 Å². The molecule has 0 fully saturated rings. The predicted molar refractivity (Wildman–Crippen MR) is 256 cm³/mol. The number of nitrogens with two attached hydrogens (primary N) is 1. The first kappa shape index (κ1) is 64.2. The highest BCUT2D eigenvalue weighted by molar-refractivity contribution is 9.12. The molecule has 0 unspecified atom stereocenters. The fourth-order valence-electron chi connectivity index (χ4n) is 4.29. The molecule has 27 nitrogen and oxygen atoms in total. The molecule has 0 aromatic carbocycles. The summed E-state index contributed by atoms with van der Waals surface area (Å²) in [4.78, 5) is 41.3. The highest BCUT2D eigenvalue weighted by atomic mass is 79.9. The lowest BCUT2D eigenvalue weighted by atomic mass is 10.3. The number of alkyl halides is 5. The second-order valence-corrected chi connectivity index (χ2v) is 17.3. The van der Waals surface area contributed by atoms with Gasteiger partial charge in [-0.1, -0.05) is 68.8 Å². The normalized spacial score (nSPS) is 11.2. The average Bonchev–Trinajstić information content (AvgIpc) is 4.10. The monoisotopic (exact) mass is 1260 g/mol. The fourth-order valence-corrected chi connectivity index (χ4v) is 5.18. The molecule has 0 bridgehead atoms. The highest BCUT2D eigenvalue weighted by Gasteiger charge is 2.24. The topological polar surface area (TPSA) is 360 Å². The highest BCUT2D eigenvalue weighted by Crippen LogP contribution is 2.18. The number of nitrogens with zero attached hydrogens (tertiary/aromatic N) is 12. The Bertz CT molecular complexity index is 1910. The van der Waals surface area contributed by atoms with Crippen molar-refractivity contribution in [1.82, 2.24) is 44.4 Å². The van der Waals surface area contributed by atoms with Crippen LogP contribution in [0.3, 0.4) is 0 Å². The van der Waals surface area contributed by atoms with E-state index in [2.05, 4.69) is 120 Å². The first-order valence-electron chi connectivity index (χ1n) is 17.9. The van der Waals surface area contributed by atoms with Crippen molar-refractivity contribution in [3.8, 4) is 0 Å². The Morgan fingerprint density at radius 3 is 1.60 bits per heavy atom. The summed E-state index contributed by atoms with van der Waals surface area (Å²) >= 11 is 18.4. The van der Waals surface area contributed by atoms with Crippen LogP contribution in [-0.2, 0) is 64.0 Å². The zero-order chi connectivity index (χ0) is 49.9. The van der Waals surface area contributed by atoms with E-state index in [0.29, 0.717) is 68.0 Å². The van der Waals surface area contributed by atoms with Gasteiger partial charge in [0.1, 0.15) is 5.69 Å². The number of hydrogen-bond donors (Lipinski definition) is 4. The number of nitro groups is 4. The largest absolute Gasteiger partial charge is 0.390 e. The fraction of sp³-hybridized carbons (Fsp3) is 0.600. The molecule has 0 saturated heterocycles. The minimum absolute atomic E-state index is 0.0661. The number of halogens is 7. The summed E-state index contributed by atoms with van der Waals surface area (Å²) in [6.07, 6.45) is 0. The third kappa shape index (κ3) is 28.8. The van der Waals surface area contributed by atoms with Crippen LogP contribution in [0.25, 0.3) is 0 Å². The van der Waals surface area contributed by atoms with Gasteiger partial charge in [0.05, 0.1) is 109 Å². The van der Waals surface area contributed by atoms with E-state index in [0.717, 1.165) is 29.4 Å². The van der Waals surface area contributed by atoms with Gasteiger partial charge >= 0.3 is 23.3 Å². The van der Waals surface area contributed by atoms with Crippen LogP contribution in [0.2, 0.25) is 0 Å². The molecule has 0 saturated carbocycles. The second-order valence-electron chi connectivity index (χ2n) is 11.4. The van der Waals surface area contributed by atoms with E-state index in [9.17, 15) is 40.5 Å². The molecule has 1 aliphatic heterocycles. The summed E-state index contributed by atoms with van der Waals surface area (Å²) in [5.41, 5.74) is 7.29. The predicted octanol–water partition coefficient (Wildman–Crippen LogP) is 5.08. The molecule has 4 aromatic rings. The molecule has 35 heteroatoms. The lowest BCUT2D eigenvalue weighted by Crippen LogP contribution is -2.35. The van der Waals surface area contributed by atoms with Gasteiger partial charge in [-0.25, -0.2) is 4.21 Å². The van der Waals surface area contributed by atoms with Crippen LogP contribution >= 0.6 is 96.7 Å². The lowest BCUT2D eigenvalue weighted by Gasteiger charge is -2.25. The van der Waals surface area contributed by atoms with Gasteiger partial charge in [0.2, 0.25) is 9.23 Å². The van der Waals surface area contributed by atoms with Gasteiger partial charge in [-0.15, -0.1) is 16.7 Å². The number of fused-ring (bicyclic) bond motifs is 1. The van der Waals surface area contributed by atoms with Crippen molar-refractivity contribution in [3.05, 3.63) is 87.5 Å². The number of rotatable bonds is 17. The lowest BCUT2D eigenvalue weighted by molar-refractivity contribution is -0.390. The minimum Gasteiger partial charge on any atom is -0.390 e. The standard InChI is InChI=1S/C9H14N4O3.C6H7BrClN3O2.C6H8BrN3O3.C4H5N3O3.C3H9NO.C2H4Br2.Cl2OS/c1-16-5-4-11-2-3-12-8(7-11)6-9(10-12)13(14)15;7-1-2-10-5(4-8)3-6(9-10)11(12)13;7-1-2-9-5(4-11)3-6(8-9)10(12)13;8-2-3-1-4(6-5-3)7(9)10;1-5-3-2-4;3-1-2-4;1-4(2)3/h6H,2-5,7H2,1H3;3H,1-2,4H2;3,11H,1-2,4H2;1,8H,2H2,(H,5,6);2-4H2,1H3;1-2H2;. The van der Waals surface area contributed by atoms with E-state index in [1.165, 1.54) is 27.6 Å². The van der Waals surface area contributed by atoms with Crippen molar-refractivity contribution in [1.29, 1.82) is 0 Å². The number of aliphatic hydroxyl groups excluding tert-OH is 2. The van der Waals surface area contributed by atoms with Crippen molar-refractivity contribution in [3.63, 3.8) is 0 Å². The quantitative estimate of drug-likeness (QED) is 0.0463. The van der Waals surface area contributed by atoms with Gasteiger partial charge in [0, 0.05) is 83.1 Å².